The molecule has 1 aliphatic heterocycles. The van der Waals surface area contributed by atoms with Crippen LogP contribution in [0.2, 0.25) is 0 Å². The Kier molecular flexibility index (Phi) is 5.39. The van der Waals surface area contributed by atoms with Crippen LogP contribution in [0.4, 0.5) is 0 Å². The van der Waals surface area contributed by atoms with Gasteiger partial charge in [-0.1, -0.05) is 24.3 Å². The van der Waals surface area contributed by atoms with E-state index >= 15 is 0 Å². The average molecular weight is 353 g/mol. The second kappa shape index (κ2) is 8.08. The number of rotatable bonds is 7. The lowest BCUT2D eigenvalue weighted by atomic mass is 9.98. The minimum atomic E-state index is -0.517. The lowest BCUT2D eigenvalue weighted by molar-refractivity contribution is 0.106. The Hall–Kier alpha value is -2.08. The van der Waals surface area contributed by atoms with Crippen LogP contribution < -0.4 is 15.4 Å². The minimum absolute atomic E-state index is 0.290. The summed E-state index contributed by atoms with van der Waals surface area (Å²) < 4.78 is 5.97. The molecule has 0 saturated carbocycles. The van der Waals surface area contributed by atoms with E-state index in [9.17, 15) is 5.11 Å². The number of hydrogen-bond acceptors (Lipinski definition) is 4. The van der Waals surface area contributed by atoms with Gasteiger partial charge in [-0.3, -0.25) is 0 Å². The van der Waals surface area contributed by atoms with Crippen LogP contribution in [0.3, 0.4) is 0 Å². The molecule has 2 aromatic carbocycles. The predicted molar refractivity (Wildman–Crippen MR) is 106 cm³/mol. The third kappa shape index (κ3) is 3.85. The molecule has 1 aromatic heterocycles. The van der Waals surface area contributed by atoms with Crippen LogP contribution in [0.5, 0.6) is 5.75 Å². The van der Waals surface area contributed by atoms with Crippen molar-refractivity contribution in [2.45, 2.75) is 18.9 Å². The lowest BCUT2D eigenvalue weighted by Crippen LogP contribution is -2.37. The largest absolute Gasteiger partial charge is 0.490 e. The first kappa shape index (κ1) is 17.3. The molecule has 26 heavy (non-hydrogen) atoms. The first-order chi connectivity index (χ1) is 12.8. The number of H-pyrrole nitrogens is 1. The van der Waals surface area contributed by atoms with Gasteiger partial charge in [0.05, 0.1) is 5.52 Å². The molecule has 2 heterocycles. The van der Waals surface area contributed by atoms with E-state index in [4.69, 9.17) is 4.74 Å². The number of aromatic amines is 1. The minimum Gasteiger partial charge on any atom is -0.490 e. The molecular weight excluding hydrogens is 326 g/mol. The van der Waals surface area contributed by atoms with Gasteiger partial charge >= 0.3 is 0 Å². The topological polar surface area (TPSA) is 69.3 Å². The number of aliphatic hydroxyl groups excluding tert-OH is 1. The standard InChI is InChI=1S/C21H27N3O2/c25-16(13-23-12-15-8-10-22-11-9-15)14-26-20-7-3-6-19-21(20)17-4-1-2-5-18(17)24-19/h1-7,15-16,22-25H,8-14H2/t16-/m0/s1. The predicted octanol–water partition coefficient (Wildman–Crippen LogP) is 2.65. The Bertz CT molecular complexity index is 855. The molecule has 0 bridgehead atoms. The van der Waals surface area contributed by atoms with Gasteiger partial charge in [0.2, 0.25) is 0 Å². The van der Waals surface area contributed by atoms with Crippen LogP contribution in [0.25, 0.3) is 21.8 Å². The highest BCUT2D eigenvalue weighted by Gasteiger charge is 2.14. The monoisotopic (exact) mass is 353 g/mol. The van der Waals surface area contributed by atoms with Crippen LogP contribution in [0.1, 0.15) is 12.8 Å². The van der Waals surface area contributed by atoms with Crippen LogP contribution in [-0.2, 0) is 0 Å². The van der Waals surface area contributed by atoms with Gasteiger partial charge in [0.25, 0.3) is 0 Å². The van der Waals surface area contributed by atoms with Crippen molar-refractivity contribution < 1.29 is 9.84 Å². The van der Waals surface area contributed by atoms with E-state index in [0.29, 0.717) is 12.5 Å². The van der Waals surface area contributed by atoms with Crippen LogP contribution in [0, 0.1) is 5.92 Å². The first-order valence-electron chi connectivity index (χ1n) is 9.53. The van der Waals surface area contributed by atoms with E-state index in [1.54, 1.807) is 0 Å². The molecule has 5 nitrogen and oxygen atoms in total. The van der Waals surface area contributed by atoms with Gasteiger partial charge in [-0.15, -0.1) is 0 Å². The molecule has 4 N–H and O–H groups in total. The molecule has 0 unspecified atom stereocenters. The van der Waals surface area contributed by atoms with E-state index < -0.39 is 6.10 Å². The average Bonchev–Trinajstić information content (AvgIpc) is 3.06. The molecular formula is C21H27N3O2. The van der Waals surface area contributed by atoms with Crippen molar-refractivity contribution in [1.29, 1.82) is 0 Å². The van der Waals surface area contributed by atoms with Crippen molar-refractivity contribution in [3.05, 3.63) is 42.5 Å². The van der Waals surface area contributed by atoms with Crippen molar-refractivity contribution in [3.8, 4) is 5.75 Å². The van der Waals surface area contributed by atoms with E-state index in [-0.39, 0.29) is 6.61 Å². The Morgan fingerprint density at radius 3 is 2.77 bits per heavy atom. The van der Waals surface area contributed by atoms with E-state index in [1.807, 2.05) is 24.3 Å². The van der Waals surface area contributed by atoms with E-state index in [0.717, 1.165) is 47.2 Å². The molecule has 0 spiro atoms. The quantitative estimate of drug-likeness (QED) is 0.527. The van der Waals surface area contributed by atoms with Gasteiger partial charge in [-0.25, -0.2) is 0 Å². The number of benzene rings is 2. The number of aliphatic hydroxyl groups is 1. The second-order valence-corrected chi connectivity index (χ2v) is 7.17. The Balaban J connectivity index is 1.35. The third-order valence-corrected chi connectivity index (χ3v) is 5.19. The van der Waals surface area contributed by atoms with Crippen molar-refractivity contribution in [2.24, 2.45) is 5.92 Å². The fourth-order valence-corrected chi connectivity index (χ4v) is 3.77. The number of nitrogens with one attached hydrogen (secondary N) is 3. The zero-order valence-electron chi connectivity index (χ0n) is 15.0. The summed E-state index contributed by atoms with van der Waals surface area (Å²) in [7, 11) is 0. The summed E-state index contributed by atoms with van der Waals surface area (Å²) in [5.74, 6) is 1.53. The van der Waals surface area contributed by atoms with Crippen molar-refractivity contribution in [1.82, 2.24) is 15.6 Å². The number of para-hydroxylation sites is 1. The third-order valence-electron chi connectivity index (χ3n) is 5.19. The summed E-state index contributed by atoms with van der Waals surface area (Å²) in [6.45, 7) is 4.03. The van der Waals surface area contributed by atoms with Crippen molar-refractivity contribution in [2.75, 3.05) is 32.8 Å². The van der Waals surface area contributed by atoms with E-state index in [1.165, 1.54) is 12.8 Å². The number of aromatic nitrogens is 1. The molecule has 0 radical (unpaired) electrons. The fourth-order valence-electron chi connectivity index (χ4n) is 3.77. The lowest BCUT2D eigenvalue weighted by Gasteiger charge is -2.23. The summed E-state index contributed by atoms with van der Waals surface area (Å²) in [6, 6.07) is 14.2. The fraction of sp³-hybridized carbons (Fsp3) is 0.429. The summed E-state index contributed by atoms with van der Waals surface area (Å²) >= 11 is 0. The number of piperidine rings is 1. The highest BCUT2D eigenvalue weighted by molar-refractivity contribution is 6.10. The molecule has 5 heteroatoms. The Morgan fingerprint density at radius 1 is 1.08 bits per heavy atom. The van der Waals surface area contributed by atoms with Gasteiger partial charge in [0.15, 0.2) is 0 Å². The SMILES string of the molecule is O[C@@H](CNCC1CCNCC1)COc1cccc2[nH]c3ccccc3c12. The van der Waals surface area contributed by atoms with Crippen molar-refractivity contribution in [3.63, 3.8) is 0 Å². The molecule has 1 saturated heterocycles. The van der Waals surface area contributed by atoms with Gasteiger partial charge in [-0.2, -0.15) is 0 Å². The van der Waals surface area contributed by atoms with Gasteiger partial charge < -0.3 is 25.5 Å². The van der Waals surface area contributed by atoms with Crippen LogP contribution in [-0.4, -0.2) is 49.0 Å². The smallest absolute Gasteiger partial charge is 0.129 e. The molecule has 1 aliphatic rings. The van der Waals surface area contributed by atoms with Gasteiger partial charge in [0, 0.05) is 22.8 Å². The highest BCUT2D eigenvalue weighted by atomic mass is 16.5. The van der Waals surface area contributed by atoms with Crippen molar-refractivity contribution >= 4 is 21.8 Å². The van der Waals surface area contributed by atoms with Gasteiger partial charge in [0.1, 0.15) is 18.5 Å². The normalized spacial score (nSPS) is 17.0. The summed E-state index contributed by atoms with van der Waals surface area (Å²) in [4.78, 5) is 3.42. The number of ether oxygens (including phenoxy) is 1. The maximum atomic E-state index is 10.3. The van der Waals surface area contributed by atoms with E-state index in [2.05, 4.69) is 33.8 Å². The maximum absolute atomic E-state index is 10.3. The zero-order valence-corrected chi connectivity index (χ0v) is 15.0. The molecule has 1 atom stereocenters. The summed E-state index contributed by atoms with van der Waals surface area (Å²) in [5.41, 5.74) is 2.16. The Labute approximate surface area is 153 Å². The molecule has 0 amide bonds. The maximum Gasteiger partial charge on any atom is 0.129 e. The summed E-state index contributed by atoms with van der Waals surface area (Å²) in [5, 5.41) is 19.3. The molecule has 3 aromatic rings. The highest BCUT2D eigenvalue weighted by Crippen LogP contribution is 2.32. The molecule has 4 rings (SSSR count). The van der Waals surface area contributed by atoms with Crippen LogP contribution in [0.15, 0.2) is 42.5 Å². The molecule has 1 fully saturated rings. The van der Waals surface area contributed by atoms with Gasteiger partial charge in [-0.05, 0) is 56.6 Å². The number of fused-ring (bicyclic) bond motifs is 3. The number of hydrogen-bond donors (Lipinski definition) is 4. The Morgan fingerprint density at radius 2 is 1.88 bits per heavy atom. The molecule has 138 valence electrons. The summed E-state index contributed by atoms with van der Waals surface area (Å²) in [6.07, 6.45) is 1.90. The second-order valence-electron chi connectivity index (χ2n) is 7.17. The van der Waals surface area contributed by atoms with Crippen LogP contribution >= 0.6 is 0 Å². The first-order valence-corrected chi connectivity index (χ1v) is 9.53. The molecule has 0 aliphatic carbocycles. The zero-order chi connectivity index (χ0) is 17.8.